The first-order valence-corrected chi connectivity index (χ1v) is 5.54. The van der Waals surface area contributed by atoms with Crippen molar-refractivity contribution in [1.29, 1.82) is 0 Å². The molecule has 0 radical (unpaired) electrons. The van der Waals surface area contributed by atoms with Crippen molar-refractivity contribution in [2.75, 3.05) is 0 Å². The van der Waals surface area contributed by atoms with Crippen molar-refractivity contribution in [3.63, 3.8) is 0 Å². The lowest BCUT2D eigenvalue weighted by atomic mass is 10.1. The SMILES string of the molecule is CC(C)c1nc(-c2ncn[nH]2)[nH]c(=O)c1Br. The number of H-pyrrole nitrogens is 2. The average Bonchev–Trinajstić information content (AvgIpc) is 2.74. The molecule has 0 amide bonds. The van der Waals surface area contributed by atoms with E-state index in [4.69, 9.17) is 0 Å². The van der Waals surface area contributed by atoms with Crippen LogP contribution in [0.5, 0.6) is 0 Å². The quantitative estimate of drug-likeness (QED) is 0.873. The Morgan fingerprint density at radius 3 is 2.69 bits per heavy atom. The number of halogens is 1. The summed E-state index contributed by atoms with van der Waals surface area (Å²) in [6, 6.07) is 0. The number of nitrogens with one attached hydrogen (secondary N) is 2. The van der Waals surface area contributed by atoms with Crippen molar-refractivity contribution in [2.45, 2.75) is 19.8 Å². The van der Waals surface area contributed by atoms with E-state index in [9.17, 15) is 4.79 Å². The second-order valence-electron chi connectivity index (χ2n) is 3.60. The maximum atomic E-state index is 11.7. The molecule has 0 bridgehead atoms. The van der Waals surface area contributed by atoms with Crippen LogP contribution in [0, 0.1) is 0 Å². The van der Waals surface area contributed by atoms with E-state index in [0.29, 0.717) is 21.8 Å². The number of hydrogen-bond donors (Lipinski definition) is 2. The minimum Gasteiger partial charge on any atom is -0.303 e. The molecule has 0 spiro atoms. The fraction of sp³-hybridized carbons (Fsp3) is 0.333. The van der Waals surface area contributed by atoms with E-state index in [0.717, 1.165) is 0 Å². The minimum absolute atomic E-state index is 0.151. The molecule has 0 aliphatic heterocycles. The van der Waals surface area contributed by atoms with Crippen LogP contribution in [-0.2, 0) is 0 Å². The molecule has 0 fully saturated rings. The third-order valence-electron chi connectivity index (χ3n) is 2.07. The maximum absolute atomic E-state index is 11.7. The molecule has 0 saturated heterocycles. The third-order valence-corrected chi connectivity index (χ3v) is 2.84. The highest BCUT2D eigenvalue weighted by Crippen LogP contribution is 2.20. The van der Waals surface area contributed by atoms with Gasteiger partial charge in [-0.15, -0.1) is 0 Å². The van der Waals surface area contributed by atoms with E-state index >= 15 is 0 Å². The van der Waals surface area contributed by atoms with Gasteiger partial charge in [0.1, 0.15) is 10.8 Å². The second kappa shape index (κ2) is 4.17. The summed E-state index contributed by atoms with van der Waals surface area (Å²) >= 11 is 3.23. The third kappa shape index (κ3) is 1.90. The summed E-state index contributed by atoms with van der Waals surface area (Å²) < 4.78 is 0.464. The van der Waals surface area contributed by atoms with Crippen LogP contribution in [0.25, 0.3) is 11.6 Å². The lowest BCUT2D eigenvalue weighted by Crippen LogP contribution is -2.14. The molecule has 16 heavy (non-hydrogen) atoms. The Morgan fingerprint density at radius 2 is 2.12 bits per heavy atom. The molecule has 0 unspecified atom stereocenters. The predicted octanol–water partition coefficient (Wildman–Crippen LogP) is 1.44. The fourth-order valence-electron chi connectivity index (χ4n) is 1.29. The van der Waals surface area contributed by atoms with Crippen molar-refractivity contribution < 1.29 is 0 Å². The first-order chi connectivity index (χ1) is 7.59. The summed E-state index contributed by atoms with van der Waals surface area (Å²) in [5.74, 6) is 0.999. The van der Waals surface area contributed by atoms with Gasteiger partial charge in [0.25, 0.3) is 5.56 Å². The van der Waals surface area contributed by atoms with Gasteiger partial charge in [-0.05, 0) is 21.8 Å². The molecule has 6 nitrogen and oxygen atoms in total. The van der Waals surface area contributed by atoms with Gasteiger partial charge in [0, 0.05) is 0 Å². The lowest BCUT2D eigenvalue weighted by Gasteiger charge is -2.07. The number of aromatic amines is 2. The monoisotopic (exact) mass is 283 g/mol. The molecular weight excluding hydrogens is 274 g/mol. The van der Waals surface area contributed by atoms with Gasteiger partial charge in [-0.2, -0.15) is 5.10 Å². The molecule has 0 aliphatic carbocycles. The van der Waals surface area contributed by atoms with Crippen LogP contribution in [0.3, 0.4) is 0 Å². The number of aromatic nitrogens is 5. The van der Waals surface area contributed by atoms with E-state index in [2.05, 4.69) is 41.1 Å². The Balaban J connectivity index is 2.62. The summed E-state index contributed by atoms with van der Waals surface area (Å²) in [4.78, 5) is 22.6. The Kier molecular flexibility index (Phi) is 2.86. The van der Waals surface area contributed by atoms with Gasteiger partial charge in [-0.25, -0.2) is 9.97 Å². The molecule has 0 saturated carbocycles. The Hall–Kier alpha value is -1.50. The molecule has 0 atom stereocenters. The first kappa shape index (κ1) is 11.0. The van der Waals surface area contributed by atoms with Crippen molar-refractivity contribution >= 4 is 15.9 Å². The van der Waals surface area contributed by atoms with Gasteiger partial charge in [0.05, 0.1) is 5.69 Å². The van der Waals surface area contributed by atoms with Crippen LogP contribution in [-0.4, -0.2) is 25.1 Å². The van der Waals surface area contributed by atoms with Gasteiger partial charge >= 0.3 is 0 Å². The Bertz CT molecular complexity index is 546. The van der Waals surface area contributed by atoms with Gasteiger partial charge in [0.2, 0.25) is 0 Å². The zero-order valence-electron chi connectivity index (χ0n) is 8.78. The topological polar surface area (TPSA) is 87.3 Å². The van der Waals surface area contributed by atoms with Gasteiger partial charge < -0.3 is 4.98 Å². The van der Waals surface area contributed by atoms with E-state index in [1.54, 1.807) is 0 Å². The Morgan fingerprint density at radius 1 is 1.38 bits per heavy atom. The summed E-state index contributed by atoms with van der Waals surface area (Å²) in [7, 11) is 0. The highest BCUT2D eigenvalue weighted by Gasteiger charge is 2.14. The zero-order chi connectivity index (χ0) is 11.7. The standard InChI is InChI=1S/C9H10BrN5O/c1-4(2)6-5(10)9(16)14-8(13-6)7-11-3-12-15-7/h3-4H,1-2H3,(H,11,12,15)(H,13,14,16). The minimum atomic E-state index is -0.217. The zero-order valence-corrected chi connectivity index (χ0v) is 10.4. The molecule has 2 aromatic rings. The largest absolute Gasteiger partial charge is 0.303 e. The van der Waals surface area contributed by atoms with E-state index in [1.807, 2.05) is 13.8 Å². The lowest BCUT2D eigenvalue weighted by molar-refractivity contribution is 0.801. The normalized spacial score (nSPS) is 11.0. The van der Waals surface area contributed by atoms with Crippen LogP contribution in [0.2, 0.25) is 0 Å². The number of nitrogens with zero attached hydrogens (tertiary/aromatic N) is 3. The molecule has 84 valence electrons. The summed E-state index contributed by atoms with van der Waals surface area (Å²) in [5, 5.41) is 6.37. The van der Waals surface area contributed by atoms with Crippen LogP contribution in [0.1, 0.15) is 25.5 Å². The molecule has 0 aromatic carbocycles. The maximum Gasteiger partial charge on any atom is 0.265 e. The summed E-state index contributed by atoms with van der Waals surface area (Å²) in [5.41, 5.74) is 0.486. The van der Waals surface area contributed by atoms with Crippen molar-refractivity contribution in [1.82, 2.24) is 25.1 Å². The highest BCUT2D eigenvalue weighted by atomic mass is 79.9. The predicted molar refractivity (Wildman–Crippen MR) is 62.0 cm³/mol. The fourth-order valence-corrected chi connectivity index (χ4v) is 1.94. The number of rotatable bonds is 2. The first-order valence-electron chi connectivity index (χ1n) is 4.75. The molecule has 2 N–H and O–H groups in total. The van der Waals surface area contributed by atoms with Crippen molar-refractivity contribution in [3.05, 3.63) is 26.8 Å². The average molecular weight is 284 g/mol. The molecular formula is C9H10BrN5O. The molecule has 0 aliphatic rings. The molecule has 2 rings (SSSR count). The smallest absolute Gasteiger partial charge is 0.265 e. The van der Waals surface area contributed by atoms with Gasteiger partial charge in [0.15, 0.2) is 11.6 Å². The van der Waals surface area contributed by atoms with E-state index < -0.39 is 0 Å². The molecule has 2 heterocycles. The van der Waals surface area contributed by atoms with E-state index in [-0.39, 0.29) is 11.5 Å². The van der Waals surface area contributed by atoms with Gasteiger partial charge in [-0.3, -0.25) is 9.89 Å². The Labute approximate surface area is 99.7 Å². The van der Waals surface area contributed by atoms with Gasteiger partial charge in [-0.1, -0.05) is 13.8 Å². The van der Waals surface area contributed by atoms with Crippen molar-refractivity contribution in [2.24, 2.45) is 0 Å². The van der Waals surface area contributed by atoms with E-state index in [1.165, 1.54) is 6.33 Å². The van der Waals surface area contributed by atoms with Crippen LogP contribution in [0.15, 0.2) is 15.6 Å². The van der Waals surface area contributed by atoms with Crippen LogP contribution < -0.4 is 5.56 Å². The highest BCUT2D eigenvalue weighted by molar-refractivity contribution is 9.10. The summed E-state index contributed by atoms with van der Waals surface area (Å²) in [6.07, 6.45) is 1.37. The van der Waals surface area contributed by atoms with Crippen LogP contribution >= 0.6 is 15.9 Å². The van der Waals surface area contributed by atoms with Crippen molar-refractivity contribution in [3.8, 4) is 11.6 Å². The molecule has 2 aromatic heterocycles. The second-order valence-corrected chi connectivity index (χ2v) is 4.40. The summed E-state index contributed by atoms with van der Waals surface area (Å²) in [6.45, 7) is 3.94. The van der Waals surface area contributed by atoms with Crippen LogP contribution in [0.4, 0.5) is 0 Å². The molecule has 7 heteroatoms. The number of hydrogen-bond acceptors (Lipinski definition) is 4.